The average molecular weight is 793 g/mol. The Kier molecular flexibility index (Phi) is 18.8. The molecule has 11 nitrogen and oxygen atoms in total. The summed E-state index contributed by atoms with van der Waals surface area (Å²) in [7, 11) is 0. The lowest BCUT2D eigenvalue weighted by atomic mass is 9.90. The average Bonchev–Trinajstić information content (AvgIpc) is 3.18. The number of ether oxygens (including phenoxy) is 4. The minimum absolute atomic E-state index is 0.187. The van der Waals surface area contributed by atoms with Gasteiger partial charge in [0.05, 0.1) is 25.4 Å². The number of nitrogens with zero attached hydrogens (tertiary/aromatic N) is 2. The van der Waals surface area contributed by atoms with E-state index in [0.717, 1.165) is 45.2 Å². The van der Waals surface area contributed by atoms with E-state index in [1.54, 1.807) is 4.90 Å². The normalized spacial score (nSPS) is 23.3. The highest BCUT2D eigenvalue weighted by molar-refractivity contribution is 5.81. The van der Waals surface area contributed by atoms with Crippen molar-refractivity contribution in [2.24, 2.45) is 5.73 Å². The summed E-state index contributed by atoms with van der Waals surface area (Å²) in [6, 6.07) is 21.8. The van der Waals surface area contributed by atoms with Crippen LogP contribution in [-0.4, -0.2) is 95.5 Å². The zero-order valence-corrected chi connectivity index (χ0v) is 35.7. The number of nitrogens with two attached hydrogens (primary N) is 1. The number of amides is 2. The standard InChI is InChI=1S/C23H36N2O3.C13H19NO.C10H17NO3/c1-23(2,3)28-22(26)25-15-13-19(14-16-25)24-20-11-7-8-12-21(20)27-17-18-9-5-4-6-10-18;14-12-8-4-5-9-13(12)15-10-11-6-2-1-3-7-11;1-10(2,3)14-9(13)11-6-4-8(12)5-7-11/h4-6,9-10,19-21,24H,7-8,11-17H2,1-3H3;1-3,6-7,12-13H,4-5,8-10,14H2;4-7H2,1-3H3/t20-,21-;12-,13-;/m11./s1. The molecule has 4 fully saturated rings. The summed E-state index contributed by atoms with van der Waals surface area (Å²) in [6.45, 7) is 15.1. The molecule has 6 rings (SSSR count). The van der Waals surface area contributed by atoms with E-state index in [-0.39, 0.29) is 36.2 Å². The van der Waals surface area contributed by atoms with Gasteiger partial charge >= 0.3 is 12.2 Å². The predicted molar refractivity (Wildman–Crippen MR) is 225 cm³/mol. The number of likely N-dealkylation sites (tertiary alicyclic amines) is 2. The van der Waals surface area contributed by atoms with E-state index >= 15 is 0 Å². The Morgan fingerprint density at radius 1 is 0.632 bits per heavy atom. The number of carbonyl (C=O) groups is 3. The summed E-state index contributed by atoms with van der Waals surface area (Å²) >= 11 is 0. The lowest BCUT2D eigenvalue weighted by Crippen LogP contribution is -2.52. The first-order valence-corrected chi connectivity index (χ1v) is 21.5. The molecule has 2 saturated heterocycles. The van der Waals surface area contributed by atoms with Gasteiger partial charge < -0.3 is 39.8 Å². The lowest BCUT2D eigenvalue weighted by molar-refractivity contribution is -0.121. The number of Topliss-reactive ketones (excluding diaryl/α,β-unsaturated/α-hetero) is 1. The zero-order chi connectivity index (χ0) is 41.3. The largest absolute Gasteiger partial charge is 0.444 e. The molecule has 57 heavy (non-hydrogen) atoms. The van der Waals surface area contributed by atoms with Crippen LogP contribution in [0.4, 0.5) is 9.59 Å². The smallest absolute Gasteiger partial charge is 0.410 e. The Morgan fingerprint density at radius 3 is 1.56 bits per heavy atom. The Morgan fingerprint density at radius 2 is 1.07 bits per heavy atom. The molecule has 0 spiro atoms. The van der Waals surface area contributed by atoms with Crippen molar-refractivity contribution in [2.75, 3.05) is 26.2 Å². The second-order valence-electron chi connectivity index (χ2n) is 17.9. The SMILES string of the molecule is CC(C)(C)OC(=O)N1CCC(=O)CC1.CC(C)(C)OC(=O)N1CCC(N[C@@H]2CCCC[C@H]2OCc2ccccc2)CC1.N[C@@H]1CCCC[C@H]1OCc1ccccc1. The number of ketones is 1. The van der Waals surface area contributed by atoms with Gasteiger partial charge in [-0.05, 0) is 91.2 Å². The quantitative estimate of drug-likeness (QED) is 0.270. The van der Waals surface area contributed by atoms with Crippen molar-refractivity contribution in [2.45, 2.75) is 173 Å². The van der Waals surface area contributed by atoms with Crippen LogP contribution < -0.4 is 11.1 Å². The Labute approximate surface area is 342 Å². The molecule has 0 bridgehead atoms. The van der Waals surface area contributed by atoms with E-state index in [1.165, 1.54) is 43.2 Å². The van der Waals surface area contributed by atoms with Crippen molar-refractivity contribution in [1.82, 2.24) is 15.1 Å². The zero-order valence-electron chi connectivity index (χ0n) is 35.7. The highest BCUT2D eigenvalue weighted by Crippen LogP contribution is 2.25. The predicted octanol–water partition coefficient (Wildman–Crippen LogP) is 8.56. The van der Waals surface area contributed by atoms with Crippen LogP contribution in [0.2, 0.25) is 0 Å². The van der Waals surface area contributed by atoms with Crippen molar-refractivity contribution in [3.05, 3.63) is 71.8 Å². The molecule has 4 atom stereocenters. The minimum Gasteiger partial charge on any atom is -0.444 e. The fourth-order valence-corrected chi connectivity index (χ4v) is 7.50. The fraction of sp³-hybridized carbons (Fsp3) is 0.674. The van der Waals surface area contributed by atoms with E-state index in [1.807, 2.05) is 70.7 Å². The number of carbonyl (C=O) groups excluding carboxylic acids is 3. The second-order valence-corrected chi connectivity index (χ2v) is 17.9. The second kappa shape index (κ2) is 23.2. The number of nitrogens with one attached hydrogen (secondary N) is 1. The van der Waals surface area contributed by atoms with Crippen LogP contribution in [0.1, 0.15) is 130 Å². The van der Waals surface area contributed by atoms with E-state index in [2.05, 4.69) is 41.7 Å². The molecule has 0 unspecified atom stereocenters. The summed E-state index contributed by atoms with van der Waals surface area (Å²) in [5.74, 6) is 0.227. The van der Waals surface area contributed by atoms with Crippen LogP contribution >= 0.6 is 0 Å². The van der Waals surface area contributed by atoms with Crippen molar-refractivity contribution in [3.8, 4) is 0 Å². The van der Waals surface area contributed by atoms with Crippen molar-refractivity contribution in [1.29, 1.82) is 0 Å². The molecule has 3 N–H and O–H groups in total. The topological polar surface area (TPSA) is 133 Å². The molecule has 0 radical (unpaired) electrons. The molecule has 2 aliphatic heterocycles. The van der Waals surface area contributed by atoms with Gasteiger partial charge in [-0.15, -0.1) is 0 Å². The first-order chi connectivity index (χ1) is 27.1. The lowest BCUT2D eigenvalue weighted by Gasteiger charge is -2.38. The fourth-order valence-electron chi connectivity index (χ4n) is 7.50. The molecule has 2 saturated carbocycles. The van der Waals surface area contributed by atoms with Gasteiger partial charge in [-0.25, -0.2) is 9.59 Å². The third-order valence-electron chi connectivity index (χ3n) is 10.6. The minimum atomic E-state index is -0.460. The summed E-state index contributed by atoms with van der Waals surface area (Å²) in [4.78, 5) is 38.1. The summed E-state index contributed by atoms with van der Waals surface area (Å²) in [5.41, 5.74) is 7.59. The molecule has 0 aromatic heterocycles. The Balaban J connectivity index is 0.000000209. The van der Waals surface area contributed by atoms with Crippen LogP contribution in [0.25, 0.3) is 0 Å². The van der Waals surface area contributed by atoms with Gasteiger partial charge in [0.2, 0.25) is 0 Å². The van der Waals surface area contributed by atoms with Gasteiger partial charge in [-0.2, -0.15) is 0 Å². The van der Waals surface area contributed by atoms with Gasteiger partial charge in [0.1, 0.15) is 17.0 Å². The molecule has 318 valence electrons. The maximum atomic E-state index is 12.2. The molecule has 2 amide bonds. The molecular weight excluding hydrogens is 721 g/mol. The summed E-state index contributed by atoms with van der Waals surface area (Å²) in [5, 5.41) is 3.85. The Hall–Kier alpha value is -3.51. The van der Waals surface area contributed by atoms with Crippen LogP contribution in [0.5, 0.6) is 0 Å². The van der Waals surface area contributed by atoms with E-state index in [4.69, 9.17) is 24.7 Å². The molecule has 2 aromatic rings. The maximum absolute atomic E-state index is 12.2. The number of piperidine rings is 2. The highest BCUT2D eigenvalue weighted by atomic mass is 16.6. The molecule has 4 aliphatic rings. The van der Waals surface area contributed by atoms with Gasteiger partial charge in [-0.1, -0.05) is 86.3 Å². The van der Waals surface area contributed by atoms with Crippen LogP contribution in [0, 0.1) is 0 Å². The maximum Gasteiger partial charge on any atom is 0.410 e. The van der Waals surface area contributed by atoms with Crippen LogP contribution in [-0.2, 0) is 37.0 Å². The van der Waals surface area contributed by atoms with Crippen LogP contribution in [0.3, 0.4) is 0 Å². The molecule has 2 aliphatic carbocycles. The third-order valence-corrected chi connectivity index (χ3v) is 10.6. The summed E-state index contributed by atoms with van der Waals surface area (Å²) in [6.07, 6.45) is 12.4. The third kappa shape index (κ3) is 17.9. The van der Waals surface area contributed by atoms with E-state index in [9.17, 15) is 14.4 Å². The number of hydrogen-bond acceptors (Lipinski definition) is 9. The molecule has 2 aromatic carbocycles. The van der Waals surface area contributed by atoms with E-state index in [0.29, 0.717) is 51.2 Å². The van der Waals surface area contributed by atoms with E-state index < -0.39 is 11.2 Å². The van der Waals surface area contributed by atoms with Crippen molar-refractivity contribution >= 4 is 18.0 Å². The molecule has 11 heteroatoms. The monoisotopic (exact) mass is 793 g/mol. The summed E-state index contributed by atoms with van der Waals surface area (Å²) < 4.78 is 22.8. The highest BCUT2D eigenvalue weighted by Gasteiger charge is 2.32. The van der Waals surface area contributed by atoms with Crippen molar-refractivity contribution in [3.63, 3.8) is 0 Å². The first-order valence-electron chi connectivity index (χ1n) is 21.5. The van der Waals surface area contributed by atoms with Gasteiger partial charge in [0.25, 0.3) is 0 Å². The molecular formula is C46H72N4O7. The number of benzene rings is 2. The van der Waals surface area contributed by atoms with Crippen LogP contribution in [0.15, 0.2) is 60.7 Å². The number of rotatable bonds is 8. The van der Waals surface area contributed by atoms with Crippen molar-refractivity contribution < 1.29 is 33.3 Å². The number of hydrogen-bond donors (Lipinski definition) is 2. The van der Waals surface area contributed by atoms with Gasteiger partial charge in [0, 0.05) is 57.1 Å². The van der Waals surface area contributed by atoms with Gasteiger partial charge in [-0.3, -0.25) is 4.79 Å². The Bertz CT molecular complexity index is 1460. The first kappa shape index (κ1) is 46.2. The van der Waals surface area contributed by atoms with Gasteiger partial charge in [0.15, 0.2) is 0 Å². The molecule has 2 heterocycles.